The predicted octanol–water partition coefficient (Wildman–Crippen LogP) is 5.07. The number of aromatic nitrogens is 2. The van der Waals surface area contributed by atoms with Crippen molar-refractivity contribution in [3.63, 3.8) is 0 Å². The molecule has 4 aromatic rings. The molecule has 0 amide bonds. The van der Waals surface area contributed by atoms with E-state index in [-0.39, 0.29) is 5.56 Å². The van der Waals surface area contributed by atoms with Gasteiger partial charge in [0.2, 0.25) is 0 Å². The third kappa shape index (κ3) is 3.71. The average molecular weight is 391 g/mol. The highest BCUT2D eigenvalue weighted by Gasteiger charge is 2.13. The molecule has 0 bridgehead atoms. The molecule has 0 aliphatic heterocycles. The van der Waals surface area contributed by atoms with Crippen molar-refractivity contribution in [3.8, 4) is 16.9 Å². The first kappa shape index (κ1) is 18.4. The summed E-state index contributed by atoms with van der Waals surface area (Å²) in [6, 6.07) is 16.3. The maximum absolute atomic E-state index is 13.1. The van der Waals surface area contributed by atoms with Gasteiger partial charge in [-0.2, -0.15) is 0 Å². The van der Waals surface area contributed by atoms with Gasteiger partial charge in [-0.05, 0) is 42.2 Å². The predicted molar refractivity (Wildman–Crippen MR) is 115 cm³/mol. The molecule has 0 aliphatic rings. The number of benzene rings is 2. The summed E-state index contributed by atoms with van der Waals surface area (Å²) >= 11 is 1.51. The van der Waals surface area contributed by atoms with Crippen molar-refractivity contribution in [2.24, 2.45) is 0 Å². The largest absolute Gasteiger partial charge is 0.492 e. The average Bonchev–Trinajstić information content (AvgIpc) is 3.15. The second-order valence-electron chi connectivity index (χ2n) is 6.79. The van der Waals surface area contributed by atoms with Crippen LogP contribution in [0.25, 0.3) is 21.3 Å². The molecule has 0 unspecified atom stereocenters. The summed E-state index contributed by atoms with van der Waals surface area (Å²) in [6.07, 6.45) is 2.62. The van der Waals surface area contributed by atoms with E-state index in [1.165, 1.54) is 16.9 Å². The fourth-order valence-electron chi connectivity index (χ4n) is 3.23. The van der Waals surface area contributed by atoms with E-state index in [9.17, 15) is 4.79 Å². The van der Waals surface area contributed by atoms with Gasteiger partial charge in [0.1, 0.15) is 17.2 Å². The molecular weight excluding hydrogens is 368 g/mol. The smallest absolute Gasteiger partial charge is 0.262 e. The zero-order valence-electron chi connectivity index (χ0n) is 16.0. The summed E-state index contributed by atoms with van der Waals surface area (Å²) in [6.45, 7) is 5.04. The number of ether oxygens (including phenoxy) is 1. The fourth-order valence-corrected chi connectivity index (χ4v) is 4.13. The Labute approximate surface area is 168 Å². The minimum Gasteiger partial charge on any atom is -0.492 e. The van der Waals surface area contributed by atoms with Crippen molar-refractivity contribution in [1.29, 1.82) is 0 Å². The molecule has 0 radical (unpaired) electrons. The third-order valence-electron chi connectivity index (χ3n) is 4.82. The maximum atomic E-state index is 13.1. The highest BCUT2D eigenvalue weighted by Crippen LogP contribution is 2.30. The molecule has 2 aromatic carbocycles. The molecule has 0 atom stereocenters. The second-order valence-corrected chi connectivity index (χ2v) is 7.65. The van der Waals surface area contributed by atoms with Crippen LogP contribution in [0.2, 0.25) is 0 Å². The fraction of sp³-hybridized carbons (Fsp3) is 0.217. The Kier molecular flexibility index (Phi) is 5.26. The Hall–Kier alpha value is -2.92. The van der Waals surface area contributed by atoms with Gasteiger partial charge in [0.05, 0.1) is 18.3 Å². The minimum absolute atomic E-state index is 0.0198. The van der Waals surface area contributed by atoms with E-state index in [2.05, 4.69) is 36.2 Å². The van der Waals surface area contributed by atoms with Gasteiger partial charge in [-0.3, -0.25) is 9.36 Å². The van der Waals surface area contributed by atoms with Crippen LogP contribution < -0.4 is 10.3 Å². The van der Waals surface area contributed by atoms with Gasteiger partial charge >= 0.3 is 0 Å². The van der Waals surface area contributed by atoms with E-state index in [0.717, 1.165) is 33.7 Å². The van der Waals surface area contributed by atoms with E-state index >= 15 is 0 Å². The molecular formula is C23H22N2O2S. The van der Waals surface area contributed by atoms with E-state index in [4.69, 9.17) is 4.74 Å². The topological polar surface area (TPSA) is 44.1 Å². The van der Waals surface area contributed by atoms with Crippen LogP contribution in [-0.4, -0.2) is 16.2 Å². The quantitative estimate of drug-likeness (QED) is 0.461. The number of aryl methyl sites for hydroxylation is 2. The monoisotopic (exact) mass is 390 g/mol. The van der Waals surface area contributed by atoms with Crippen molar-refractivity contribution in [2.45, 2.75) is 26.8 Å². The van der Waals surface area contributed by atoms with Gasteiger partial charge in [-0.1, -0.05) is 43.3 Å². The van der Waals surface area contributed by atoms with Crippen LogP contribution in [0.5, 0.6) is 5.75 Å². The first-order chi connectivity index (χ1) is 13.7. The Morgan fingerprint density at radius 1 is 1.14 bits per heavy atom. The van der Waals surface area contributed by atoms with Crippen LogP contribution in [0, 0.1) is 6.92 Å². The summed E-state index contributed by atoms with van der Waals surface area (Å²) < 4.78 is 7.43. The summed E-state index contributed by atoms with van der Waals surface area (Å²) in [5.41, 5.74) is 4.42. The van der Waals surface area contributed by atoms with Gasteiger partial charge in [0, 0.05) is 10.9 Å². The van der Waals surface area contributed by atoms with Crippen LogP contribution in [0.15, 0.2) is 65.0 Å². The lowest BCUT2D eigenvalue weighted by Gasteiger charge is -2.09. The number of nitrogens with zero attached hydrogens (tertiary/aromatic N) is 2. The number of hydrogen-bond donors (Lipinski definition) is 0. The Balaban J connectivity index is 1.60. The van der Waals surface area contributed by atoms with E-state index in [0.29, 0.717) is 18.5 Å². The first-order valence-corrected chi connectivity index (χ1v) is 10.3. The Morgan fingerprint density at radius 2 is 1.96 bits per heavy atom. The summed E-state index contributed by atoms with van der Waals surface area (Å²) in [7, 11) is 0. The molecule has 142 valence electrons. The lowest BCUT2D eigenvalue weighted by Crippen LogP contribution is -2.23. The zero-order valence-corrected chi connectivity index (χ0v) is 16.8. The number of rotatable bonds is 6. The Morgan fingerprint density at radius 3 is 2.71 bits per heavy atom. The number of fused-ring (bicyclic) bond motifs is 1. The van der Waals surface area contributed by atoms with Crippen molar-refractivity contribution in [2.75, 3.05) is 6.61 Å². The van der Waals surface area contributed by atoms with Gasteiger partial charge in [0.25, 0.3) is 5.56 Å². The summed E-state index contributed by atoms with van der Waals surface area (Å²) in [4.78, 5) is 18.3. The molecule has 28 heavy (non-hydrogen) atoms. The molecule has 0 N–H and O–H groups in total. The van der Waals surface area contributed by atoms with Gasteiger partial charge in [-0.15, -0.1) is 11.3 Å². The van der Waals surface area contributed by atoms with Crippen molar-refractivity contribution in [3.05, 3.63) is 81.7 Å². The maximum Gasteiger partial charge on any atom is 0.262 e. The molecule has 0 aliphatic carbocycles. The zero-order chi connectivity index (χ0) is 19.5. The highest BCUT2D eigenvalue weighted by molar-refractivity contribution is 7.17. The highest BCUT2D eigenvalue weighted by atomic mass is 32.1. The summed E-state index contributed by atoms with van der Waals surface area (Å²) in [5, 5.41) is 2.71. The summed E-state index contributed by atoms with van der Waals surface area (Å²) in [5.74, 6) is 0.814. The molecule has 0 spiro atoms. The van der Waals surface area contributed by atoms with Gasteiger partial charge in [0.15, 0.2) is 0 Å². The lowest BCUT2D eigenvalue weighted by atomic mass is 10.0. The van der Waals surface area contributed by atoms with Crippen LogP contribution in [0.1, 0.15) is 18.1 Å². The van der Waals surface area contributed by atoms with Gasteiger partial charge < -0.3 is 4.74 Å². The molecule has 2 heterocycles. The third-order valence-corrected chi connectivity index (χ3v) is 5.71. The molecule has 4 rings (SSSR count). The van der Waals surface area contributed by atoms with E-state index in [1.54, 1.807) is 10.9 Å². The molecule has 0 saturated heterocycles. The number of hydrogen-bond acceptors (Lipinski definition) is 4. The lowest BCUT2D eigenvalue weighted by molar-refractivity contribution is 0.296. The SMILES string of the molecule is CCc1ccc(-c2csc3ncn(CCOc4cccc(C)c4)c(=O)c23)cc1. The standard InChI is InChI=1S/C23H22N2O2S/c1-3-17-7-9-18(10-8-17)20-14-28-22-21(20)23(26)25(15-24-22)11-12-27-19-6-4-5-16(2)13-19/h4-10,13-15H,3,11-12H2,1-2H3. The normalized spacial score (nSPS) is 11.1. The Bertz CT molecular complexity index is 1160. The van der Waals surface area contributed by atoms with Crippen LogP contribution >= 0.6 is 11.3 Å². The molecule has 2 aromatic heterocycles. The first-order valence-electron chi connectivity index (χ1n) is 9.41. The van der Waals surface area contributed by atoms with Crippen LogP contribution in [0.4, 0.5) is 0 Å². The second kappa shape index (κ2) is 7.98. The number of thiophene rings is 1. The van der Waals surface area contributed by atoms with Gasteiger partial charge in [-0.25, -0.2) is 4.98 Å². The minimum atomic E-state index is -0.0198. The van der Waals surface area contributed by atoms with Crippen molar-refractivity contribution in [1.82, 2.24) is 9.55 Å². The van der Waals surface area contributed by atoms with E-state index in [1.807, 2.05) is 36.6 Å². The molecule has 4 nitrogen and oxygen atoms in total. The van der Waals surface area contributed by atoms with Crippen LogP contribution in [-0.2, 0) is 13.0 Å². The van der Waals surface area contributed by atoms with Crippen molar-refractivity contribution < 1.29 is 4.74 Å². The molecule has 0 fully saturated rings. The van der Waals surface area contributed by atoms with E-state index < -0.39 is 0 Å². The van der Waals surface area contributed by atoms with Crippen molar-refractivity contribution >= 4 is 21.6 Å². The molecule has 5 heteroatoms. The van der Waals surface area contributed by atoms with Crippen LogP contribution in [0.3, 0.4) is 0 Å². The molecule has 0 saturated carbocycles.